The van der Waals surface area contributed by atoms with Crippen LogP contribution in [0.2, 0.25) is 0 Å². The second kappa shape index (κ2) is 5.26. The van der Waals surface area contributed by atoms with Crippen LogP contribution in [0.5, 0.6) is 0 Å². The van der Waals surface area contributed by atoms with Crippen LogP contribution in [0, 0.1) is 11.6 Å². The molecule has 82 valence electrons. The van der Waals surface area contributed by atoms with Crippen molar-refractivity contribution in [3.63, 3.8) is 0 Å². The molecule has 0 bridgehead atoms. The highest BCUT2D eigenvalue weighted by molar-refractivity contribution is 7.98. The van der Waals surface area contributed by atoms with Crippen molar-refractivity contribution in [2.75, 3.05) is 6.26 Å². The molecule has 0 spiro atoms. The van der Waals surface area contributed by atoms with Gasteiger partial charge in [0.25, 0.3) is 0 Å². The van der Waals surface area contributed by atoms with E-state index < -0.39 is 11.6 Å². The summed E-state index contributed by atoms with van der Waals surface area (Å²) in [5.41, 5.74) is 0.523. The lowest BCUT2D eigenvalue weighted by Crippen LogP contribution is -1.98. The standard InChI is InChI=1S/C11H12F2OS/c1-7(3-4-14)8-5-9(12)11(15-2)10(13)6-8/h4-7H,3H2,1-2H3. The molecule has 1 aromatic carbocycles. The molecular weight excluding hydrogens is 218 g/mol. The molecule has 0 fully saturated rings. The number of aldehydes is 1. The first-order valence-electron chi connectivity index (χ1n) is 4.56. The zero-order chi connectivity index (χ0) is 11.4. The van der Waals surface area contributed by atoms with Crippen LogP contribution in [0.4, 0.5) is 8.78 Å². The molecule has 0 N–H and O–H groups in total. The van der Waals surface area contributed by atoms with Gasteiger partial charge in [0.2, 0.25) is 0 Å². The highest BCUT2D eigenvalue weighted by Crippen LogP contribution is 2.28. The van der Waals surface area contributed by atoms with Crippen LogP contribution in [0.25, 0.3) is 0 Å². The molecule has 0 saturated heterocycles. The average Bonchev–Trinajstić information content (AvgIpc) is 2.17. The monoisotopic (exact) mass is 230 g/mol. The maximum Gasteiger partial charge on any atom is 0.140 e. The van der Waals surface area contributed by atoms with E-state index in [-0.39, 0.29) is 17.2 Å². The Morgan fingerprint density at radius 3 is 2.33 bits per heavy atom. The van der Waals surface area contributed by atoms with Gasteiger partial charge in [-0.25, -0.2) is 8.78 Å². The van der Waals surface area contributed by atoms with Crippen molar-refractivity contribution in [1.82, 2.24) is 0 Å². The van der Waals surface area contributed by atoms with Crippen LogP contribution in [0.1, 0.15) is 24.8 Å². The van der Waals surface area contributed by atoms with Crippen molar-refractivity contribution in [3.8, 4) is 0 Å². The molecule has 4 heteroatoms. The minimum absolute atomic E-state index is 0.0250. The van der Waals surface area contributed by atoms with E-state index in [1.54, 1.807) is 13.2 Å². The lowest BCUT2D eigenvalue weighted by molar-refractivity contribution is -0.108. The summed E-state index contributed by atoms with van der Waals surface area (Å²) in [6.07, 6.45) is 2.65. The summed E-state index contributed by atoms with van der Waals surface area (Å²) >= 11 is 1.04. The predicted octanol–water partition coefficient (Wildman–Crippen LogP) is 3.38. The Kier molecular flexibility index (Phi) is 4.27. The zero-order valence-electron chi connectivity index (χ0n) is 8.59. The number of carbonyl (C=O) groups is 1. The first-order chi connectivity index (χ1) is 7.10. The van der Waals surface area contributed by atoms with Gasteiger partial charge in [0.1, 0.15) is 17.9 Å². The number of halogens is 2. The minimum atomic E-state index is -0.560. The highest BCUT2D eigenvalue weighted by Gasteiger charge is 2.13. The molecule has 0 aliphatic carbocycles. The highest BCUT2D eigenvalue weighted by atomic mass is 32.2. The van der Waals surface area contributed by atoms with Crippen molar-refractivity contribution in [2.24, 2.45) is 0 Å². The average molecular weight is 230 g/mol. The summed E-state index contributed by atoms with van der Waals surface area (Å²) in [6, 6.07) is 2.59. The number of benzene rings is 1. The van der Waals surface area contributed by atoms with E-state index in [0.717, 1.165) is 18.0 Å². The van der Waals surface area contributed by atoms with E-state index >= 15 is 0 Å². The topological polar surface area (TPSA) is 17.1 Å². The fourth-order valence-corrected chi connectivity index (χ4v) is 1.85. The van der Waals surface area contributed by atoms with Crippen LogP contribution in [-0.2, 0) is 4.79 Å². The molecule has 1 atom stereocenters. The third kappa shape index (κ3) is 2.78. The van der Waals surface area contributed by atoms with Gasteiger partial charge in [-0.05, 0) is 29.9 Å². The number of thioether (sulfide) groups is 1. The van der Waals surface area contributed by atoms with E-state index in [1.165, 1.54) is 12.1 Å². The van der Waals surface area contributed by atoms with Gasteiger partial charge in [0.05, 0.1) is 4.90 Å². The van der Waals surface area contributed by atoms with Gasteiger partial charge >= 0.3 is 0 Å². The molecule has 0 amide bonds. The van der Waals surface area contributed by atoms with Crippen LogP contribution >= 0.6 is 11.8 Å². The van der Waals surface area contributed by atoms with Gasteiger partial charge in [-0.2, -0.15) is 0 Å². The fourth-order valence-electron chi connectivity index (χ4n) is 1.34. The Labute approximate surface area is 91.9 Å². The van der Waals surface area contributed by atoms with Crippen molar-refractivity contribution in [2.45, 2.75) is 24.2 Å². The number of carbonyl (C=O) groups excluding carboxylic acids is 1. The molecule has 15 heavy (non-hydrogen) atoms. The fraction of sp³-hybridized carbons (Fsp3) is 0.364. The Balaban J connectivity index is 3.07. The first kappa shape index (κ1) is 12.2. The molecular formula is C11H12F2OS. The van der Waals surface area contributed by atoms with Gasteiger partial charge in [-0.15, -0.1) is 11.8 Å². The Bertz CT molecular complexity index is 343. The zero-order valence-corrected chi connectivity index (χ0v) is 9.41. The van der Waals surface area contributed by atoms with E-state index in [2.05, 4.69) is 0 Å². The SMILES string of the molecule is CSc1c(F)cc(C(C)CC=O)cc1F. The summed E-state index contributed by atoms with van der Waals surface area (Å²) < 4.78 is 26.7. The van der Waals surface area contributed by atoms with Crippen LogP contribution in [0.15, 0.2) is 17.0 Å². The maximum absolute atomic E-state index is 13.4. The van der Waals surface area contributed by atoms with Gasteiger partial charge in [0, 0.05) is 6.42 Å². The molecule has 0 saturated carbocycles. The van der Waals surface area contributed by atoms with Gasteiger partial charge in [-0.3, -0.25) is 0 Å². The van der Waals surface area contributed by atoms with Crippen LogP contribution in [0.3, 0.4) is 0 Å². The maximum atomic E-state index is 13.4. The predicted molar refractivity (Wildman–Crippen MR) is 57.2 cm³/mol. The molecule has 0 aliphatic heterocycles. The quantitative estimate of drug-likeness (QED) is 0.582. The van der Waals surface area contributed by atoms with Crippen molar-refractivity contribution >= 4 is 18.0 Å². The van der Waals surface area contributed by atoms with Gasteiger partial charge < -0.3 is 4.79 Å². The summed E-state index contributed by atoms with van der Waals surface area (Å²) in [7, 11) is 0. The van der Waals surface area contributed by atoms with E-state index in [0.29, 0.717) is 5.56 Å². The van der Waals surface area contributed by atoms with Crippen LogP contribution in [-0.4, -0.2) is 12.5 Å². The molecule has 1 nitrogen and oxygen atoms in total. The molecule has 0 aromatic heterocycles. The summed E-state index contributed by atoms with van der Waals surface area (Å²) in [5, 5.41) is 0. The van der Waals surface area contributed by atoms with E-state index in [4.69, 9.17) is 0 Å². The van der Waals surface area contributed by atoms with E-state index in [9.17, 15) is 13.6 Å². The van der Waals surface area contributed by atoms with Gasteiger partial charge in [-0.1, -0.05) is 6.92 Å². The molecule has 1 aromatic rings. The Morgan fingerprint density at radius 1 is 1.40 bits per heavy atom. The lowest BCUT2D eigenvalue weighted by atomic mass is 9.98. The number of hydrogen-bond acceptors (Lipinski definition) is 2. The number of hydrogen-bond donors (Lipinski definition) is 0. The number of rotatable bonds is 4. The van der Waals surface area contributed by atoms with E-state index in [1.807, 2.05) is 0 Å². The van der Waals surface area contributed by atoms with Gasteiger partial charge in [0.15, 0.2) is 0 Å². The third-order valence-electron chi connectivity index (χ3n) is 2.24. The largest absolute Gasteiger partial charge is 0.303 e. The Morgan fingerprint density at radius 2 is 1.93 bits per heavy atom. The normalized spacial score (nSPS) is 12.5. The van der Waals surface area contributed by atoms with Crippen molar-refractivity contribution in [3.05, 3.63) is 29.3 Å². The second-order valence-electron chi connectivity index (χ2n) is 3.32. The molecule has 0 heterocycles. The first-order valence-corrected chi connectivity index (χ1v) is 5.79. The smallest absolute Gasteiger partial charge is 0.140 e. The Hall–Kier alpha value is -0.900. The lowest BCUT2D eigenvalue weighted by Gasteiger charge is -2.10. The van der Waals surface area contributed by atoms with Crippen LogP contribution < -0.4 is 0 Å². The molecule has 1 unspecified atom stereocenters. The molecule has 0 aliphatic rings. The summed E-state index contributed by atoms with van der Waals surface area (Å²) in [6.45, 7) is 1.77. The third-order valence-corrected chi connectivity index (χ3v) is 3.04. The minimum Gasteiger partial charge on any atom is -0.303 e. The second-order valence-corrected chi connectivity index (χ2v) is 4.14. The molecule has 1 rings (SSSR count). The van der Waals surface area contributed by atoms with Crippen molar-refractivity contribution in [1.29, 1.82) is 0 Å². The summed E-state index contributed by atoms with van der Waals surface area (Å²) in [5.74, 6) is -1.27. The summed E-state index contributed by atoms with van der Waals surface area (Å²) in [4.78, 5) is 10.3. The molecule has 0 radical (unpaired) electrons. The van der Waals surface area contributed by atoms with Crippen molar-refractivity contribution < 1.29 is 13.6 Å².